The second-order valence-corrected chi connectivity index (χ2v) is 11.9. The first kappa shape index (κ1) is 29.0. The molecule has 2 aliphatic rings. The fourth-order valence-corrected chi connectivity index (χ4v) is 6.15. The molecule has 0 heterocycles. The lowest BCUT2D eigenvalue weighted by molar-refractivity contribution is -0.179. The van der Waals surface area contributed by atoms with Crippen molar-refractivity contribution in [3.8, 4) is 0 Å². The molecule has 4 nitrogen and oxygen atoms in total. The van der Waals surface area contributed by atoms with Crippen LogP contribution in [0.15, 0.2) is 46.8 Å². The van der Waals surface area contributed by atoms with Crippen LogP contribution in [0.1, 0.15) is 101 Å². The Kier molecular flexibility index (Phi) is 8.95. The predicted octanol–water partition coefficient (Wildman–Crippen LogP) is 7.65. The van der Waals surface area contributed by atoms with Gasteiger partial charge in [0.15, 0.2) is 22.8 Å². The smallest absolute Gasteiger partial charge is 0.180 e. The summed E-state index contributed by atoms with van der Waals surface area (Å²) in [4.78, 5) is 42.9. The molecule has 2 aliphatic carbocycles. The van der Waals surface area contributed by atoms with Crippen LogP contribution < -0.4 is 0 Å². The fraction of sp³-hybridized carbons (Fsp3) is 0.645. The minimum Gasteiger partial charge on any atom is -0.511 e. The maximum Gasteiger partial charge on any atom is 0.180 e. The van der Waals surface area contributed by atoms with E-state index in [9.17, 15) is 19.5 Å². The molecule has 35 heavy (non-hydrogen) atoms. The molecule has 1 N–H and O–H groups in total. The summed E-state index contributed by atoms with van der Waals surface area (Å²) in [6.45, 7) is 17.8. The molecule has 4 heteroatoms. The molecule has 1 saturated carbocycles. The van der Waals surface area contributed by atoms with E-state index in [2.05, 4.69) is 12.2 Å². The second kappa shape index (κ2) is 10.8. The van der Waals surface area contributed by atoms with Gasteiger partial charge in [-0.25, -0.2) is 0 Å². The Labute approximate surface area is 212 Å². The average Bonchev–Trinajstić information content (AvgIpc) is 2.76. The zero-order valence-corrected chi connectivity index (χ0v) is 23.4. The average molecular weight is 483 g/mol. The summed E-state index contributed by atoms with van der Waals surface area (Å²) in [7, 11) is 0. The molecule has 5 atom stereocenters. The van der Waals surface area contributed by atoms with Crippen molar-refractivity contribution < 1.29 is 19.5 Å². The summed E-state index contributed by atoms with van der Waals surface area (Å²) in [6, 6.07) is 0. The van der Waals surface area contributed by atoms with Crippen molar-refractivity contribution in [1.82, 2.24) is 0 Å². The van der Waals surface area contributed by atoms with Crippen LogP contribution >= 0.6 is 0 Å². The zero-order valence-electron chi connectivity index (χ0n) is 23.4. The predicted molar refractivity (Wildman–Crippen MR) is 143 cm³/mol. The lowest BCUT2D eigenvalue weighted by Gasteiger charge is -2.60. The van der Waals surface area contributed by atoms with E-state index in [1.807, 2.05) is 68.4 Å². The fourth-order valence-electron chi connectivity index (χ4n) is 6.15. The first-order valence-electron chi connectivity index (χ1n) is 13.2. The lowest BCUT2D eigenvalue weighted by atomic mass is 9.38. The molecule has 0 radical (unpaired) electrons. The van der Waals surface area contributed by atoms with Gasteiger partial charge in [0.25, 0.3) is 0 Å². The van der Waals surface area contributed by atoms with Crippen molar-refractivity contribution in [1.29, 1.82) is 0 Å². The highest BCUT2D eigenvalue weighted by atomic mass is 16.3. The highest BCUT2D eigenvalue weighted by Crippen LogP contribution is 2.66. The van der Waals surface area contributed by atoms with E-state index in [-0.39, 0.29) is 23.2 Å². The summed E-state index contributed by atoms with van der Waals surface area (Å²) in [5.41, 5.74) is -0.517. The third kappa shape index (κ3) is 4.90. The number of carbonyl (C=O) groups excluding carboxylic acids is 3. The number of hydrogen-bond donors (Lipinski definition) is 1. The van der Waals surface area contributed by atoms with Crippen molar-refractivity contribution in [2.45, 2.75) is 101 Å². The Morgan fingerprint density at radius 3 is 2.14 bits per heavy atom. The van der Waals surface area contributed by atoms with Gasteiger partial charge < -0.3 is 5.11 Å². The van der Waals surface area contributed by atoms with Crippen LogP contribution in [0.5, 0.6) is 0 Å². The van der Waals surface area contributed by atoms with Crippen molar-refractivity contribution in [3.05, 3.63) is 46.8 Å². The molecule has 3 unspecified atom stereocenters. The molecule has 0 aromatic rings. The van der Waals surface area contributed by atoms with Gasteiger partial charge in [0.1, 0.15) is 5.76 Å². The summed E-state index contributed by atoms with van der Waals surface area (Å²) < 4.78 is 0. The Morgan fingerprint density at radius 2 is 1.63 bits per heavy atom. The SMILES string of the molecule is CCC(C)C(=O)C12C(=O)C=C(O)C(CC=C(C)C)(C[C@H](CC=C(C)C)[C@@]1(C)CCC=C(C)C)C2=O. The van der Waals surface area contributed by atoms with Crippen LogP contribution in [0.25, 0.3) is 0 Å². The number of rotatable bonds is 10. The van der Waals surface area contributed by atoms with Gasteiger partial charge in [0, 0.05) is 12.0 Å². The molecule has 2 rings (SSSR count). The van der Waals surface area contributed by atoms with Crippen LogP contribution in [-0.2, 0) is 14.4 Å². The van der Waals surface area contributed by atoms with Gasteiger partial charge in [0.05, 0.1) is 5.41 Å². The van der Waals surface area contributed by atoms with Gasteiger partial charge in [-0.05, 0) is 91.4 Å². The van der Waals surface area contributed by atoms with Crippen molar-refractivity contribution in [3.63, 3.8) is 0 Å². The van der Waals surface area contributed by atoms with Gasteiger partial charge >= 0.3 is 0 Å². The quantitative estimate of drug-likeness (QED) is 0.256. The van der Waals surface area contributed by atoms with Gasteiger partial charge in [-0.15, -0.1) is 0 Å². The van der Waals surface area contributed by atoms with Gasteiger partial charge in [0.2, 0.25) is 0 Å². The molecule has 0 aromatic carbocycles. The number of hydrogen-bond acceptors (Lipinski definition) is 4. The number of fused-ring (bicyclic) bond motifs is 2. The van der Waals surface area contributed by atoms with Crippen LogP contribution in [0.3, 0.4) is 0 Å². The normalized spacial score (nSPS) is 30.8. The second-order valence-electron chi connectivity index (χ2n) is 11.9. The molecule has 0 aromatic heterocycles. The number of aliphatic hydroxyl groups excluding tert-OH is 1. The molecule has 0 aliphatic heterocycles. The van der Waals surface area contributed by atoms with E-state index in [0.717, 1.165) is 11.1 Å². The monoisotopic (exact) mass is 482 g/mol. The molecule has 194 valence electrons. The summed E-state index contributed by atoms with van der Waals surface area (Å²) in [5, 5.41) is 11.2. The number of aliphatic hydroxyl groups is 1. The van der Waals surface area contributed by atoms with Crippen LogP contribution in [0, 0.1) is 28.1 Å². The highest BCUT2D eigenvalue weighted by molar-refractivity contribution is 6.32. The minimum atomic E-state index is -1.78. The third-order valence-corrected chi connectivity index (χ3v) is 8.57. The maximum atomic E-state index is 14.6. The molecule has 1 fully saturated rings. The number of ketones is 3. The van der Waals surface area contributed by atoms with Gasteiger partial charge in [-0.1, -0.05) is 55.7 Å². The summed E-state index contributed by atoms with van der Waals surface area (Å²) >= 11 is 0. The Bertz CT molecular complexity index is 981. The van der Waals surface area contributed by atoms with Crippen molar-refractivity contribution in [2.75, 3.05) is 0 Å². The molecular weight excluding hydrogens is 436 g/mol. The van der Waals surface area contributed by atoms with Crippen molar-refractivity contribution >= 4 is 17.3 Å². The molecule has 0 amide bonds. The highest BCUT2D eigenvalue weighted by Gasteiger charge is 2.74. The summed E-state index contributed by atoms with van der Waals surface area (Å²) in [5.74, 6) is -1.90. The summed E-state index contributed by atoms with van der Waals surface area (Å²) in [6.07, 6.45) is 10.6. The van der Waals surface area contributed by atoms with Crippen LogP contribution in [0.2, 0.25) is 0 Å². The van der Waals surface area contributed by atoms with Gasteiger partial charge in [-0.2, -0.15) is 0 Å². The maximum absolute atomic E-state index is 14.6. The number of allylic oxidation sites excluding steroid dienone is 8. The number of Topliss-reactive ketones (excluding diaryl/α,β-unsaturated/α-hetero) is 2. The Morgan fingerprint density at radius 1 is 1.06 bits per heavy atom. The van der Waals surface area contributed by atoms with E-state index in [0.29, 0.717) is 38.5 Å². The van der Waals surface area contributed by atoms with E-state index in [1.165, 1.54) is 11.6 Å². The van der Waals surface area contributed by atoms with Crippen molar-refractivity contribution in [2.24, 2.45) is 28.1 Å². The van der Waals surface area contributed by atoms with E-state index in [1.54, 1.807) is 0 Å². The molecular formula is C31H46O4. The zero-order chi connectivity index (χ0) is 26.8. The molecule has 0 saturated heterocycles. The Hall–Kier alpha value is -2.23. The third-order valence-electron chi connectivity index (χ3n) is 8.57. The lowest BCUT2D eigenvalue weighted by Crippen LogP contribution is -2.70. The van der Waals surface area contributed by atoms with E-state index < -0.39 is 27.9 Å². The first-order valence-corrected chi connectivity index (χ1v) is 13.2. The van der Waals surface area contributed by atoms with Crippen LogP contribution in [0.4, 0.5) is 0 Å². The first-order chi connectivity index (χ1) is 16.2. The largest absolute Gasteiger partial charge is 0.511 e. The molecule has 0 spiro atoms. The minimum absolute atomic E-state index is 0.112. The van der Waals surface area contributed by atoms with Crippen LogP contribution in [-0.4, -0.2) is 22.5 Å². The molecule has 2 bridgehead atoms. The Balaban J connectivity index is 2.93. The van der Waals surface area contributed by atoms with E-state index in [4.69, 9.17) is 0 Å². The van der Waals surface area contributed by atoms with Gasteiger partial charge in [-0.3, -0.25) is 14.4 Å². The number of carbonyl (C=O) groups is 3. The topological polar surface area (TPSA) is 71.4 Å². The standard InChI is InChI=1S/C31H46O4/c1-10-23(8)27(34)31-26(33)18-25(32)30(28(31)35,17-15-22(6)7)19-24(14-13-21(4)5)29(31,9)16-11-12-20(2)3/h12-13,15,18,23-24,32H,10-11,14,16-17,19H2,1-9H3/t23?,24-,29+,30?,31?/m0/s1. The van der Waals surface area contributed by atoms with E-state index >= 15 is 0 Å².